The van der Waals surface area contributed by atoms with Gasteiger partial charge in [0, 0.05) is 17.8 Å². The molecule has 1 aliphatic carbocycles. The number of carbonyl (C=O) groups is 2. The highest BCUT2D eigenvalue weighted by atomic mass is 35.5. The average Bonchev–Trinajstić information content (AvgIpc) is 3.58. The summed E-state index contributed by atoms with van der Waals surface area (Å²) in [5.41, 5.74) is 1.66. The highest BCUT2D eigenvalue weighted by Crippen LogP contribution is 2.41. The van der Waals surface area contributed by atoms with E-state index in [1.54, 1.807) is 43.6 Å². The maximum atomic E-state index is 12.4. The number of nitrogens with one attached hydrogen (secondary N) is 3. The zero-order valence-corrected chi connectivity index (χ0v) is 25.0. The van der Waals surface area contributed by atoms with E-state index in [9.17, 15) is 9.59 Å². The van der Waals surface area contributed by atoms with Gasteiger partial charge in [-0.25, -0.2) is 19.3 Å². The lowest BCUT2D eigenvalue weighted by atomic mass is 10.2. The number of hydrogen-bond acceptors (Lipinski definition) is 9. The summed E-state index contributed by atoms with van der Waals surface area (Å²) in [5.74, 6) is 0.528. The molecule has 0 spiro atoms. The number of methoxy groups -OCH3 is 1. The number of ether oxygens (including phenoxy) is 3. The third-order valence-electron chi connectivity index (χ3n) is 6.54. The van der Waals surface area contributed by atoms with Crippen molar-refractivity contribution in [2.75, 3.05) is 24.4 Å². The molecule has 0 saturated heterocycles. The van der Waals surface area contributed by atoms with Crippen molar-refractivity contribution >= 4 is 46.4 Å². The first-order valence-electron chi connectivity index (χ1n) is 13.5. The van der Waals surface area contributed by atoms with Crippen molar-refractivity contribution in [1.29, 1.82) is 0 Å². The molecule has 3 aromatic heterocycles. The van der Waals surface area contributed by atoms with Crippen LogP contribution in [0.25, 0.3) is 16.8 Å². The SMILES string of the molecule is C=CC(=O)Nc1cc(Nc2ncc(Cl)c(-c3cnn4ccccc34)n2)c(OC)cc1OCC1(NC(=O)OC(C)(C)C)CC1. The fourth-order valence-corrected chi connectivity index (χ4v) is 4.47. The van der Waals surface area contributed by atoms with Gasteiger partial charge in [0.05, 0.1) is 52.7 Å². The Bertz CT molecular complexity index is 1690. The molecule has 13 heteroatoms. The number of benzene rings is 1. The Hall–Kier alpha value is -4.84. The summed E-state index contributed by atoms with van der Waals surface area (Å²) in [6, 6.07) is 8.97. The molecular formula is C30H32ClN7O5. The lowest BCUT2D eigenvalue weighted by Gasteiger charge is -2.24. The molecule has 0 radical (unpaired) electrons. The monoisotopic (exact) mass is 605 g/mol. The Morgan fingerprint density at radius 3 is 2.65 bits per heavy atom. The Kier molecular flexibility index (Phi) is 8.14. The van der Waals surface area contributed by atoms with Gasteiger partial charge in [0.25, 0.3) is 0 Å². The number of hydrogen-bond donors (Lipinski definition) is 3. The number of fused-ring (bicyclic) bond motifs is 1. The first kappa shape index (κ1) is 29.6. The number of anilines is 3. The zero-order valence-electron chi connectivity index (χ0n) is 24.2. The van der Waals surface area contributed by atoms with Crippen molar-refractivity contribution in [3.05, 3.63) is 66.6 Å². The Morgan fingerprint density at radius 2 is 1.95 bits per heavy atom. The van der Waals surface area contributed by atoms with Crippen LogP contribution >= 0.6 is 11.6 Å². The lowest BCUT2D eigenvalue weighted by molar-refractivity contribution is -0.111. The Balaban J connectivity index is 1.41. The van der Waals surface area contributed by atoms with Crippen molar-refractivity contribution in [1.82, 2.24) is 24.9 Å². The van der Waals surface area contributed by atoms with E-state index in [0.717, 1.165) is 30.0 Å². The van der Waals surface area contributed by atoms with Crippen molar-refractivity contribution in [3.8, 4) is 22.8 Å². The van der Waals surface area contributed by atoms with Crippen molar-refractivity contribution in [2.45, 2.75) is 44.8 Å². The number of alkyl carbamates (subject to hydrolysis) is 1. The summed E-state index contributed by atoms with van der Waals surface area (Å²) >= 11 is 6.49. The second-order valence-electron chi connectivity index (χ2n) is 11.0. The molecule has 3 N–H and O–H groups in total. The Morgan fingerprint density at radius 1 is 1.16 bits per heavy atom. The molecule has 5 rings (SSSR count). The summed E-state index contributed by atoms with van der Waals surface area (Å²) in [7, 11) is 1.51. The van der Waals surface area contributed by atoms with E-state index >= 15 is 0 Å². The van der Waals surface area contributed by atoms with Gasteiger partial charge in [0.2, 0.25) is 11.9 Å². The van der Waals surface area contributed by atoms with Crippen molar-refractivity contribution < 1.29 is 23.8 Å². The van der Waals surface area contributed by atoms with Gasteiger partial charge >= 0.3 is 6.09 Å². The van der Waals surface area contributed by atoms with Crippen LogP contribution in [0.5, 0.6) is 11.5 Å². The van der Waals surface area contributed by atoms with Gasteiger partial charge in [-0.05, 0) is 57.9 Å². The van der Waals surface area contributed by atoms with Gasteiger partial charge in [-0.15, -0.1) is 0 Å². The molecule has 3 heterocycles. The summed E-state index contributed by atoms with van der Waals surface area (Å²) in [4.78, 5) is 33.7. The molecule has 4 aromatic rings. The lowest BCUT2D eigenvalue weighted by Crippen LogP contribution is -2.44. The molecule has 1 saturated carbocycles. The van der Waals surface area contributed by atoms with Crippen LogP contribution in [0.1, 0.15) is 33.6 Å². The van der Waals surface area contributed by atoms with E-state index in [2.05, 4.69) is 37.6 Å². The van der Waals surface area contributed by atoms with Crippen LogP contribution in [0, 0.1) is 0 Å². The second kappa shape index (κ2) is 11.8. The highest BCUT2D eigenvalue weighted by molar-refractivity contribution is 6.33. The fourth-order valence-electron chi connectivity index (χ4n) is 4.27. The minimum absolute atomic E-state index is 0.155. The third kappa shape index (κ3) is 6.97. The van der Waals surface area contributed by atoms with E-state index in [0.29, 0.717) is 33.6 Å². The minimum atomic E-state index is -0.624. The normalized spacial score (nSPS) is 13.6. The van der Waals surface area contributed by atoms with E-state index in [1.807, 2.05) is 24.4 Å². The molecule has 1 aromatic carbocycles. The van der Waals surface area contributed by atoms with E-state index in [-0.39, 0.29) is 12.6 Å². The summed E-state index contributed by atoms with van der Waals surface area (Å²) in [5, 5.41) is 13.5. The molecule has 0 atom stereocenters. The quantitative estimate of drug-likeness (QED) is 0.192. The molecule has 2 amide bonds. The largest absolute Gasteiger partial charge is 0.494 e. The molecule has 1 aliphatic rings. The molecule has 43 heavy (non-hydrogen) atoms. The van der Waals surface area contributed by atoms with Crippen molar-refractivity contribution in [3.63, 3.8) is 0 Å². The standard InChI is InChI=1S/C30H32ClN7O5/c1-6-25(39)34-21-13-20(23(41-5)14-24(21)42-17-30(10-11-30)37-28(40)43-29(2,3)4)35-27-32-16-19(31)26(36-27)18-15-33-38-12-8-7-9-22(18)38/h6-9,12-16H,1,10-11,17H2,2-5H3,(H,34,39)(H,37,40)(H,32,35,36). The molecule has 224 valence electrons. The number of pyridine rings is 1. The number of amides is 2. The predicted molar refractivity (Wildman–Crippen MR) is 163 cm³/mol. The smallest absolute Gasteiger partial charge is 0.408 e. The maximum Gasteiger partial charge on any atom is 0.408 e. The maximum absolute atomic E-state index is 12.4. The first-order chi connectivity index (χ1) is 20.5. The van der Waals surface area contributed by atoms with E-state index in [1.165, 1.54) is 13.3 Å². The highest BCUT2D eigenvalue weighted by Gasteiger charge is 2.46. The van der Waals surface area contributed by atoms with Gasteiger partial charge in [-0.3, -0.25) is 4.79 Å². The molecule has 0 bridgehead atoms. The van der Waals surface area contributed by atoms with Gasteiger partial charge in [0.1, 0.15) is 23.7 Å². The number of rotatable bonds is 10. The second-order valence-corrected chi connectivity index (χ2v) is 11.4. The van der Waals surface area contributed by atoms with Gasteiger partial charge in [-0.1, -0.05) is 24.2 Å². The number of nitrogens with zero attached hydrogens (tertiary/aromatic N) is 4. The number of carbonyl (C=O) groups excluding carboxylic acids is 2. The summed E-state index contributed by atoms with van der Waals surface area (Å²) < 4.78 is 18.9. The van der Waals surface area contributed by atoms with Crippen molar-refractivity contribution in [2.24, 2.45) is 0 Å². The summed E-state index contributed by atoms with van der Waals surface area (Å²) in [6.07, 6.45) is 7.10. The average molecular weight is 606 g/mol. The van der Waals surface area contributed by atoms with Crippen LogP contribution in [0.2, 0.25) is 5.02 Å². The van der Waals surface area contributed by atoms with E-state index < -0.39 is 23.1 Å². The summed E-state index contributed by atoms with van der Waals surface area (Å²) in [6.45, 7) is 9.09. The predicted octanol–water partition coefficient (Wildman–Crippen LogP) is 5.76. The number of halogens is 1. The molecule has 12 nitrogen and oxygen atoms in total. The van der Waals surface area contributed by atoms with Gasteiger partial charge in [-0.2, -0.15) is 5.10 Å². The first-order valence-corrected chi connectivity index (χ1v) is 13.9. The van der Waals surface area contributed by atoms with Gasteiger partial charge < -0.3 is 30.2 Å². The van der Waals surface area contributed by atoms with Gasteiger partial charge in [0.15, 0.2) is 0 Å². The topological polar surface area (TPSA) is 141 Å². The molecule has 0 aliphatic heterocycles. The van der Waals surface area contributed by atoms with Crippen LogP contribution in [-0.2, 0) is 9.53 Å². The Labute approximate surface area is 253 Å². The molecule has 0 unspecified atom stereocenters. The fraction of sp³-hybridized carbons (Fsp3) is 0.300. The number of aromatic nitrogens is 4. The van der Waals surface area contributed by atoms with E-state index in [4.69, 9.17) is 25.8 Å². The van der Waals surface area contributed by atoms with Crippen LogP contribution in [-0.4, -0.2) is 56.4 Å². The zero-order chi connectivity index (χ0) is 30.8. The molecule has 1 fully saturated rings. The third-order valence-corrected chi connectivity index (χ3v) is 6.82. The van der Waals surface area contributed by atoms with Crippen LogP contribution < -0.4 is 25.4 Å². The van der Waals surface area contributed by atoms with Crippen LogP contribution in [0.15, 0.2) is 61.6 Å². The minimum Gasteiger partial charge on any atom is -0.494 e. The molecular weight excluding hydrogens is 574 g/mol. The van der Waals surface area contributed by atoms with Crippen LogP contribution in [0.4, 0.5) is 22.1 Å². The van der Waals surface area contributed by atoms with Crippen LogP contribution in [0.3, 0.4) is 0 Å².